The largest absolute Gasteiger partial charge is 0.345 e. The zero-order valence-electron chi connectivity index (χ0n) is 19.9. The van der Waals surface area contributed by atoms with Crippen LogP contribution in [0.5, 0.6) is 0 Å². The number of amides is 2. The number of anilines is 1. The summed E-state index contributed by atoms with van der Waals surface area (Å²) >= 11 is 0. The average Bonchev–Trinajstić information content (AvgIpc) is 3.18. The first-order valence-corrected chi connectivity index (χ1v) is 12.1. The minimum atomic E-state index is -0.259. The van der Waals surface area contributed by atoms with Crippen molar-refractivity contribution in [2.75, 3.05) is 44.7 Å². The van der Waals surface area contributed by atoms with Crippen LogP contribution in [0.25, 0.3) is 0 Å². The third-order valence-electron chi connectivity index (χ3n) is 7.03. The van der Waals surface area contributed by atoms with Gasteiger partial charge in [0.1, 0.15) is 5.82 Å². The Morgan fingerprint density at radius 2 is 1.74 bits per heavy atom. The van der Waals surface area contributed by atoms with Gasteiger partial charge < -0.3 is 14.7 Å². The first-order chi connectivity index (χ1) is 16.0. The van der Waals surface area contributed by atoms with Crippen molar-refractivity contribution in [1.82, 2.24) is 9.80 Å². The van der Waals surface area contributed by atoms with E-state index in [1.807, 2.05) is 47.4 Å². The number of carbonyl (C=O) groups excluding carboxylic acids is 2. The molecule has 2 aromatic carbocycles. The van der Waals surface area contributed by atoms with Crippen molar-refractivity contribution in [3.63, 3.8) is 0 Å². The third kappa shape index (κ3) is 6.80. The van der Waals surface area contributed by atoms with Crippen LogP contribution in [-0.2, 0) is 16.0 Å². The third-order valence-corrected chi connectivity index (χ3v) is 7.03. The van der Waals surface area contributed by atoms with Gasteiger partial charge in [-0.3, -0.25) is 9.59 Å². The number of carbonyl (C=O) groups is 2. The molecule has 2 heterocycles. The number of halogens is 2. The Hall–Kier alpha value is -2.44. The van der Waals surface area contributed by atoms with Gasteiger partial charge in [0.25, 0.3) is 0 Å². The molecule has 4 rings (SSSR count). The van der Waals surface area contributed by atoms with E-state index in [2.05, 4.69) is 4.90 Å². The summed E-state index contributed by atoms with van der Waals surface area (Å²) in [6.07, 6.45) is 4.52. The predicted molar refractivity (Wildman–Crippen MR) is 136 cm³/mol. The van der Waals surface area contributed by atoms with Crippen molar-refractivity contribution in [3.8, 4) is 0 Å². The fourth-order valence-electron chi connectivity index (χ4n) is 5.04. The molecule has 7 heteroatoms. The highest BCUT2D eigenvalue weighted by Gasteiger charge is 2.35. The van der Waals surface area contributed by atoms with Gasteiger partial charge in [0.15, 0.2) is 0 Å². The second-order valence-corrected chi connectivity index (χ2v) is 9.47. The summed E-state index contributed by atoms with van der Waals surface area (Å²) in [6.45, 7) is 4.25. The Balaban J connectivity index is 0.00000324. The SMILES string of the molecule is CN1CC(C(=O)N(CCCN2CCC(Cc3ccc(F)cc3)CC2)c2ccccc2)CC1=O.Cl. The van der Waals surface area contributed by atoms with E-state index in [0.717, 1.165) is 51.0 Å². The minimum Gasteiger partial charge on any atom is -0.345 e. The maximum absolute atomic E-state index is 13.3. The molecule has 2 saturated heterocycles. The smallest absolute Gasteiger partial charge is 0.232 e. The van der Waals surface area contributed by atoms with Gasteiger partial charge in [-0.05, 0) is 81.1 Å². The van der Waals surface area contributed by atoms with E-state index < -0.39 is 0 Å². The molecule has 1 atom stereocenters. The number of piperidine rings is 1. The molecule has 0 aliphatic carbocycles. The fourth-order valence-corrected chi connectivity index (χ4v) is 5.04. The Morgan fingerprint density at radius 3 is 2.35 bits per heavy atom. The highest BCUT2D eigenvalue weighted by molar-refractivity contribution is 5.98. The molecular weight excluding hydrogens is 453 g/mol. The van der Waals surface area contributed by atoms with Gasteiger partial charge in [-0.1, -0.05) is 30.3 Å². The Labute approximate surface area is 208 Å². The normalized spacial score (nSPS) is 19.2. The molecule has 1 unspecified atom stereocenters. The monoisotopic (exact) mass is 487 g/mol. The lowest BCUT2D eigenvalue weighted by atomic mass is 9.90. The lowest BCUT2D eigenvalue weighted by molar-refractivity contribution is -0.127. The average molecular weight is 488 g/mol. The van der Waals surface area contributed by atoms with Gasteiger partial charge in [0.2, 0.25) is 11.8 Å². The summed E-state index contributed by atoms with van der Waals surface area (Å²) < 4.78 is 13.1. The van der Waals surface area contributed by atoms with Crippen molar-refractivity contribution >= 4 is 29.9 Å². The molecule has 2 aromatic rings. The molecule has 2 aliphatic rings. The van der Waals surface area contributed by atoms with Crippen LogP contribution < -0.4 is 4.90 Å². The lowest BCUT2D eigenvalue weighted by Gasteiger charge is -2.33. The van der Waals surface area contributed by atoms with Crippen LogP contribution in [0.1, 0.15) is 31.2 Å². The highest BCUT2D eigenvalue weighted by Crippen LogP contribution is 2.25. The number of hydrogen-bond donors (Lipinski definition) is 0. The van der Waals surface area contributed by atoms with E-state index in [1.54, 1.807) is 24.1 Å². The highest BCUT2D eigenvalue weighted by atomic mass is 35.5. The lowest BCUT2D eigenvalue weighted by Crippen LogP contribution is -2.40. The van der Waals surface area contributed by atoms with E-state index in [9.17, 15) is 14.0 Å². The van der Waals surface area contributed by atoms with Crippen LogP contribution in [0.3, 0.4) is 0 Å². The van der Waals surface area contributed by atoms with Crippen molar-refractivity contribution in [2.45, 2.75) is 32.1 Å². The molecule has 2 amide bonds. The van der Waals surface area contributed by atoms with Crippen LogP contribution in [0.15, 0.2) is 54.6 Å². The molecule has 0 aromatic heterocycles. The number of benzene rings is 2. The molecule has 0 spiro atoms. The number of para-hydroxylation sites is 1. The van der Waals surface area contributed by atoms with E-state index >= 15 is 0 Å². The van der Waals surface area contributed by atoms with Crippen LogP contribution in [0, 0.1) is 17.7 Å². The molecule has 0 bridgehead atoms. The van der Waals surface area contributed by atoms with Crippen LogP contribution in [0.4, 0.5) is 10.1 Å². The van der Waals surface area contributed by atoms with Gasteiger partial charge in [0, 0.05) is 32.2 Å². The second-order valence-electron chi connectivity index (χ2n) is 9.47. The maximum Gasteiger partial charge on any atom is 0.232 e. The van der Waals surface area contributed by atoms with Crippen molar-refractivity contribution in [1.29, 1.82) is 0 Å². The molecule has 34 heavy (non-hydrogen) atoms. The maximum atomic E-state index is 13.3. The zero-order chi connectivity index (χ0) is 23.2. The quantitative estimate of drug-likeness (QED) is 0.554. The molecule has 184 valence electrons. The van der Waals surface area contributed by atoms with Crippen LogP contribution in [-0.4, -0.2) is 61.4 Å². The van der Waals surface area contributed by atoms with E-state index in [1.165, 1.54) is 5.56 Å². The standard InChI is InChI=1S/C27H34FN3O2.ClH/c1-29-20-23(19-26(29)32)27(33)31(25-6-3-2-4-7-25)15-5-14-30-16-12-22(13-17-30)18-21-8-10-24(28)11-9-21;/h2-4,6-11,22-23H,5,12-20H2,1H3;1H. The van der Waals surface area contributed by atoms with Gasteiger partial charge in [-0.2, -0.15) is 0 Å². The second kappa shape index (κ2) is 12.3. The summed E-state index contributed by atoms with van der Waals surface area (Å²) in [5, 5.41) is 0. The van der Waals surface area contributed by atoms with Gasteiger partial charge in [-0.15, -0.1) is 12.4 Å². The van der Waals surface area contributed by atoms with Gasteiger partial charge >= 0.3 is 0 Å². The van der Waals surface area contributed by atoms with Crippen molar-refractivity contribution in [2.24, 2.45) is 11.8 Å². The first-order valence-electron chi connectivity index (χ1n) is 12.1. The van der Waals surface area contributed by atoms with E-state index in [0.29, 0.717) is 25.4 Å². The molecule has 0 N–H and O–H groups in total. The predicted octanol–water partition coefficient (Wildman–Crippen LogP) is 4.40. The number of hydrogen-bond acceptors (Lipinski definition) is 3. The molecule has 2 aliphatic heterocycles. The summed E-state index contributed by atoms with van der Waals surface area (Å²) in [6, 6.07) is 16.7. The number of rotatable bonds is 8. The molecular formula is C27H35ClFN3O2. The molecule has 5 nitrogen and oxygen atoms in total. The topological polar surface area (TPSA) is 43.9 Å². The fraction of sp³-hybridized carbons (Fsp3) is 0.481. The van der Waals surface area contributed by atoms with Gasteiger partial charge in [0.05, 0.1) is 5.92 Å². The molecule has 2 fully saturated rings. The van der Waals surface area contributed by atoms with Crippen LogP contribution in [0.2, 0.25) is 0 Å². The van der Waals surface area contributed by atoms with Crippen molar-refractivity contribution in [3.05, 3.63) is 66.0 Å². The molecule has 0 radical (unpaired) electrons. The van der Waals surface area contributed by atoms with Crippen LogP contribution >= 0.6 is 12.4 Å². The van der Waals surface area contributed by atoms with E-state index in [4.69, 9.17) is 0 Å². The molecule has 0 saturated carbocycles. The van der Waals surface area contributed by atoms with E-state index in [-0.39, 0.29) is 36.0 Å². The zero-order valence-corrected chi connectivity index (χ0v) is 20.7. The number of likely N-dealkylation sites (tertiary alicyclic amines) is 2. The Bertz CT molecular complexity index is 933. The Morgan fingerprint density at radius 1 is 1.06 bits per heavy atom. The number of nitrogens with zero attached hydrogens (tertiary/aromatic N) is 3. The van der Waals surface area contributed by atoms with Gasteiger partial charge in [-0.25, -0.2) is 4.39 Å². The first kappa shape index (κ1) is 26.2. The summed E-state index contributed by atoms with van der Waals surface area (Å²) in [4.78, 5) is 31.2. The minimum absolute atomic E-state index is 0. The summed E-state index contributed by atoms with van der Waals surface area (Å²) in [7, 11) is 1.77. The summed E-state index contributed by atoms with van der Waals surface area (Å²) in [5.74, 6) is 0.306. The summed E-state index contributed by atoms with van der Waals surface area (Å²) in [5.41, 5.74) is 2.12. The Kier molecular flexibility index (Phi) is 9.48. The van der Waals surface area contributed by atoms with Crippen molar-refractivity contribution < 1.29 is 14.0 Å².